The number of hydrogen-bond donors (Lipinski definition) is 4. The fraction of sp³-hybridized carbons (Fsp3) is 0.217. The highest BCUT2D eigenvalue weighted by Gasteiger charge is 2.39. The number of nitrogens with one attached hydrogen (secondary N) is 4. The third-order valence-corrected chi connectivity index (χ3v) is 6.01. The predicted molar refractivity (Wildman–Crippen MR) is 128 cm³/mol. The van der Waals surface area contributed by atoms with Crippen molar-refractivity contribution in [2.45, 2.75) is 32.2 Å². The summed E-state index contributed by atoms with van der Waals surface area (Å²) in [6, 6.07) is 7.33. The lowest BCUT2D eigenvalue weighted by Gasteiger charge is -2.18. The van der Waals surface area contributed by atoms with E-state index in [1.807, 2.05) is 13.8 Å². The Morgan fingerprint density at radius 2 is 1.88 bits per heavy atom. The quantitative estimate of drug-likeness (QED) is 0.376. The molecule has 4 N–H and O–H groups in total. The van der Waals surface area contributed by atoms with E-state index in [1.54, 1.807) is 6.07 Å². The van der Waals surface area contributed by atoms with E-state index in [1.165, 1.54) is 36.7 Å². The third-order valence-electron chi connectivity index (χ3n) is 5.44. The molecule has 170 valence electrons. The van der Waals surface area contributed by atoms with Gasteiger partial charge in [-0.05, 0) is 44.2 Å². The maximum Gasteiger partial charge on any atom is 0.259 e. The lowest BCUT2D eigenvalue weighted by Crippen LogP contribution is -2.31. The minimum atomic E-state index is -0.479. The molecule has 3 heterocycles. The van der Waals surface area contributed by atoms with Crippen molar-refractivity contribution in [2.75, 3.05) is 21.3 Å². The Morgan fingerprint density at radius 1 is 1.18 bits per heavy atom. The summed E-state index contributed by atoms with van der Waals surface area (Å²) in [6.07, 6.45) is 3.19. The number of nitrogens with zero attached hydrogens (tertiary/aromatic N) is 1. The molecule has 0 radical (unpaired) electrons. The first kappa shape index (κ1) is 21.6. The Kier molecular flexibility index (Phi) is 5.22. The van der Waals surface area contributed by atoms with Crippen LogP contribution in [0.15, 0.2) is 42.7 Å². The third kappa shape index (κ3) is 4.12. The fourth-order valence-corrected chi connectivity index (χ4v) is 4.50. The van der Waals surface area contributed by atoms with Gasteiger partial charge in [-0.1, -0.05) is 23.2 Å². The van der Waals surface area contributed by atoms with Gasteiger partial charge in [0.1, 0.15) is 17.2 Å². The molecular formula is C23H20Cl2FN5O2. The van der Waals surface area contributed by atoms with Crippen LogP contribution in [0.25, 0.3) is 0 Å². The van der Waals surface area contributed by atoms with Gasteiger partial charge in [-0.2, -0.15) is 0 Å². The van der Waals surface area contributed by atoms with Gasteiger partial charge in [0, 0.05) is 30.1 Å². The Hall–Kier alpha value is -3.23. The van der Waals surface area contributed by atoms with Crippen LogP contribution in [-0.4, -0.2) is 22.8 Å². The molecule has 0 aliphatic carbocycles. The minimum absolute atomic E-state index is 0.350. The van der Waals surface area contributed by atoms with Gasteiger partial charge in [0.25, 0.3) is 5.91 Å². The predicted octanol–water partition coefficient (Wildman–Crippen LogP) is 5.73. The molecule has 2 aliphatic rings. The molecule has 0 spiro atoms. The van der Waals surface area contributed by atoms with E-state index >= 15 is 0 Å². The standard InChI is InChI=1S/C23H20Cl2FN5O2/c1-23(2)8-14-18-17(29-22(30-18)31-19-15(24)9-27-10-16(19)25)7-13(20(14)33-23)21(32)28-12-5-3-11(26)4-6-12/h3-7,9-10,22,29-30H,8H2,1-2H3,(H,27,31)(H,28,32). The van der Waals surface area contributed by atoms with Crippen LogP contribution < -0.4 is 26.0 Å². The van der Waals surface area contributed by atoms with E-state index in [0.29, 0.717) is 39.2 Å². The second-order valence-electron chi connectivity index (χ2n) is 8.50. The second-order valence-corrected chi connectivity index (χ2v) is 9.31. The fourth-order valence-electron chi connectivity index (χ4n) is 4.02. The van der Waals surface area contributed by atoms with Gasteiger partial charge < -0.3 is 26.0 Å². The summed E-state index contributed by atoms with van der Waals surface area (Å²) in [4.78, 5) is 17.1. The highest BCUT2D eigenvalue weighted by molar-refractivity contribution is 6.38. The van der Waals surface area contributed by atoms with Crippen molar-refractivity contribution in [1.82, 2.24) is 4.98 Å². The van der Waals surface area contributed by atoms with Crippen molar-refractivity contribution >= 4 is 51.9 Å². The summed E-state index contributed by atoms with van der Waals surface area (Å²) in [5.74, 6) is -0.204. The van der Waals surface area contributed by atoms with Crippen molar-refractivity contribution in [3.05, 3.63) is 69.7 Å². The van der Waals surface area contributed by atoms with E-state index in [0.717, 1.165) is 16.9 Å². The Labute approximate surface area is 199 Å². The van der Waals surface area contributed by atoms with Crippen molar-refractivity contribution in [3.8, 4) is 5.75 Å². The van der Waals surface area contributed by atoms with Gasteiger partial charge in [0.15, 0.2) is 6.29 Å². The lowest BCUT2D eigenvalue weighted by molar-refractivity contribution is 0.101. The zero-order valence-electron chi connectivity index (χ0n) is 17.7. The molecule has 1 unspecified atom stereocenters. The molecule has 10 heteroatoms. The van der Waals surface area contributed by atoms with Crippen LogP contribution in [0.1, 0.15) is 29.8 Å². The summed E-state index contributed by atoms with van der Waals surface area (Å²) in [6.45, 7) is 3.94. The second kappa shape index (κ2) is 7.97. The number of fused-ring (bicyclic) bond motifs is 3. The molecule has 33 heavy (non-hydrogen) atoms. The van der Waals surface area contributed by atoms with Crippen LogP contribution in [-0.2, 0) is 6.42 Å². The number of ether oxygens (including phenoxy) is 1. The van der Waals surface area contributed by atoms with Crippen molar-refractivity contribution in [2.24, 2.45) is 0 Å². The molecule has 7 nitrogen and oxygen atoms in total. The molecular weight excluding hydrogens is 468 g/mol. The summed E-state index contributed by atoms with van der Waals surface area (Å²) < 4.78 is 19.4. The van der Waals surface area contributed by atoms with Gasteiger partial charge >= 0.3 is 0 Å². The number of pyridine rings is 1. The first-order valence-electron chi connectivity index (χ1n) is 10.2. The van der Waals surface area contributed by atoms with E-state index < -0.39 is 11.9 Å². The van der Waals surface area contributed by atoms with Crippen LogP contribution in [0.2, 0.25) is 10.0 Å². The smallest absolute Gasteiger partial charge is 0.259 e. The monoisotopic (exact) mass is 487 g/mol. The average molecular weight is 488 g/mol. The summed E-state index contributed by atoms with van der Waals surface area (Å²) in [5.41, 5.74) is 3.40. The van der Waals surface area contributed by atoms with Crippen LogP contribution >= 0.6 is 23.2 Å². The maximum atomic E-state index is 13.2. The lowest BCUT2D eigenvalue weighted by atomic mass is 9.97. The number of benzene rings is 2. The first-order valence-corrected chi connectivity index (χ1v) is 11.0. The number of carbonyl (C=O) groups excluding carboxylic acids is 1. The number of halogens is 3. The Balaban J connectivity index is 1.47. The van der Waals surface area contributed by atoms with Crippen molar-refractivity contribution in [3.63, 3.8) is 0 Å². The Bertz CT molecular complexity index is 1250. The van der Waals surface area contributed by atoms with Gasteiger partial charge in [-0.25, -0.2) is 4.39 Å². The number of anilines is 4. The average Bonchev–Trinajstić information content (AvgIpc) is 3.31. The SMILES string of the molecule is CC1(C)Cc2c3c(cc(C(=O)Nc4ccc(F)cc4)c2O1)NC(Nc1c(Cl)cncc1Cl)N3. The first-order chi connectivity index (χ1) is 15.7. The molecule has 2 aliphatic heterocycles. The number of carbonyl (C=O) groups is 1. The van der Waals surface area contributed by atoms with Crippen LogP contribution in [0.4, 0.5) is 27.1 Å². The number of rotatable bonds is 4. The molecule has 0 saturated heterocycles. The van der Waals surface area contributed by atoms with E-state index in [-0.39, 0.29) is 11.7 Å². The van der Waals surface area contributed by atoms with E-state index in [2.05, 4.69) is 26.3 Å². The van der Waals surface area contributed by atoms with E-state index in [9.17, 15) is 9.18 Å². The molecule has 5 rings (SSSR count). The van der Waals surface area contributed by atoms with Gasteiger partial charge in [0.05, 0.1) is 32.7 Å². The largest absolute Gasteiger partial charge is 0.486 e. The number of hydrogen-bond acceptors (Lipinski definition) is 6. The topological polar surface area (TPSA) is 87.3 Å². The molecule has 3 aromatic rings. The summed E-state index contributed by atoms with van der Waals surface area (Å²) in [7, 11) is 0. The number of aromatic nitrogens is 1. The van der Waals surface area contributed by atoms with Crippen LogP contribution in [0, 0.1) is 5.82 Å². The van der Waals surface area contributed by atoms with Crippen molar-refractivity contribution < 1.29 is 13.9 Å². The van der Waals surface area contributed by atoms with Gasteiger partial charge in [-0.15, -0.1) is 0 Å². The minimum Gasteiger partial charge on any atom is -0.486 e. The highest BCUT2D eigenvalue weighted by Crippen LogP contribution is 2.48. The van der Waals surface area contributed by atoms with Gasteiger partial charge in [-0.3, -0.25) is 9.78 Å². The molecule has 2 aromatic carbocycles. The molecule has 0 fully saturated rings. The summed E-state index contributed by atoms with van der Waals surface area (Å²) >= 11 is 12.5. The van der Waals surface area contributed by atoms with Crippen LogP contribution in [0.5, 0.6) is 5.75 Å². The Morgan fingerprint density at radius 3 is 2.58 bits per heavy atom. The van der Waals surface area contributed by atoms with E-state index in [4.69, 9.17) is 27.9 Å². The molecule has 1 amide bonds. The zero-order valence-corrected chi connectivity index (χ0v) is 19.2. The van der Waals surface area contributed by atoms with Crippen molar-refractivity contribution in [1.29, 1.82) is 0 Å². The summed E-state index contributed by atoms with van der Waals surface area (Å²) in [5, 5.41) is 13.5. The number of amides is 1. The van der Waals surface area contributed by atoms with Crippen LogP contribution in [0.3, 0.4) is 0 Å². The molecule has 1 atom stereocenters. The highest BCUT2D eigenvalue weighted by atomic mass is 35.5. The molecule has 0 saturated carbocycles. The maximum absolute atomic E-state index is 13.2. The molecule has 0 bridgehead atoms. The molecule has 1 aromatic heterocycles. The zero-order chi connectivity index (χ0) is 23.3. The van der Waals surface area contributed by atoms with Gasteiger partial charge in [0.2, 0.25) is 0 Å². The normalized spacial score (nSPS) is 17.3.